The van der Waals surface area contributed by atoms with Gasteiger partial charge in [0.1, 0.15) is 5.75 Å². The Morgan fingerprint density at radius 1 is 0.703 bits per heavy atom. The number of hydrogen-bond donors (Lipinski definition) is 3. The monoisotopic (exact) mass is 496 g/mol. The van der Waals surface area contributed by atoms with Crippen molar-refractivity contribution in [3.8, 4) is 28.7 Å². The fraction of sp³-hybridized carbons (Fsp3) is 0.100. The number of fused-ring (bicyclic) bond motifs is 2. The van der Waals surface area contributed by atoms with E-state index in [0.717, 1.165) is 10.8 Å². The third kappa shape index (κ3) is 4.67. The summed E-state index contributed by atoms with van der Waals surface area (Å²) in [5.74, 6) is -2.62. The topological polar surface area (TPSA) is 105 Å². The van der Waals surface area contributed by atoms with Gasteiger partial charge < -0.3 is 29.5 Å². The molecule has 0 fully saturated rings. The third-order valence-corrected chi connectivity index (χ3v) is 6.01. The number of para-hydroxylation sites is 4. The average Bonchev–Trinajstić information content (AvgIpc) is 2.91. The van der Waals surface area contributed by atoms with E-state index >= 15 is 0 Å². The van der Waals surface area contributed by atoms with E-state index in [2.05, 4.69) is 0 Å². The van der Waals surface area contributed by atoms with Gasteiger partial charge in [-0.2, -0.15) is 0 Å². The summed E-state index contributed by atoms with van der Waals surface area (Å²) in [5.41, 5.74) is 0.0953. The summed E-state index contributed by atoms with van der Waals surface area (Å²) in [4.78, 5) is 11.8. The molecule has 0 atom stereocenters. The lowest BCUT2D eigenvalue weighted by atomic mass is 10.00. The number of ether oxygens (including phenoxy) is 3. The number of rotatable bonds is 8. The van der Waals surface area contributed by atoms with Crippen LogP contribution in [0.2, 0.25) is 0 Å². The molecule has 0 amide bonds. The molecule has 0 saturated heterocycles. The summed E-state index contributed by atoms with van der Waals surface area (Å²) < 4.78 is 19.0. The highest BCUT2D eigenvalue weighted by Gasteiger charge is 2.39. The largest absolute Gasteiger partial charge is 0.504 e. The summed E-state index contributed by atoms with van der Waals surface area (Å²) in [6.45, 7) is 1.77. The predicted molar refractivity (Wildman–Crippen MR) is 140 cm³/mol. The molecule has 0 unspecified atom stereocenters. The van der Waals surface area contributed by atoms with E-state index in [0.29, 0.717) is 16.5 Å². The Kier molecular flexibility index (Phi) is 6.19. The molecule has 0 spiro atoms. The number of carboxylic acid groups (broad SMARTS) is 1. The van der Waals surface area contributed by atoms with Crippen LogP contribution in [0.25, 0.3) is 21.5 Å². The quantitative estimate of drug-likeness (QED) is 0.162. The fourth-order valence-electron chi connectivity index (χ4n) is 4.12. The first-order valence-corrected chi connectivity index (χ1v) is 11.7. The molecule has 186 valence electrons. The lowest BCUT2D eigenvalue weighted by Crippen LogP contribution is -2.47. The molecular weight excluding hydrogens is 472 g/mol. The van der Waals surface area contributed by atoms with Gasteiger partial charge in [-0.15, -0.1) is 0 Å². The molecule has 3 N–H and O–H groups in total. The molecule has 7 heteroatoms. The van der Waals surface area contributed by atoms with Crippen molar-refractivity contribution in [1.82, 2.24) is 0 Å². The number of benzene rings is 5. The van der Waals surface area contributed by atoms with Gasteiger partial charge in [-0.1, -0.05) is 61.5 Å². The Morgan fingerprint density at radius 2 is 1.27 bits per heavy atom. The second-order valence-corrected chi connectivity index (χ2v) is 8.45. The predicted octanol–water partition coefficient (Wildman–Crippen LogP) is 6.70. The van der Waals surface area contributed by atoms with Gasteiger partial charge in [-0.25, -0.2) is 4.79 Å². The standard InChI is InChI=1S/C30H24O7/c1-2-30(35-26-13-7-5-11-24(26)31,36-27-14-8-6-12-25(27)32)37-28-22-10-4-3-9-19(22)17-20-15-16-21(29(33)34)18-23(20)28/h3-18,31-32H,2H2,1H3,(H,33,34). The number of aromatic hydroxyl groups is 2. The number of carboxylic acids is 1. The smallest absolute Gasteiger partial charge is 0.417 e. The van der Waals surface area contributed by atoms with Gasteiger partial charge in [0.05, 0.1) is 12.0 Å². The number of hydrogen-bond acceptors (Lipinski definition) is 6. The first-order chi connectivity index (χ1) is 17.9. The van der Waals surface area contributed by atoms with Crippen molar-refractivity contribution < 1.29 is 34.3 Å². The van der Waals surface area contributed by atoms with Crippen molar-refractivity contribution in [2.24, 2.45) is 0 Å². The van der Waals surface area contributed by atoms with Crippen LogP contribution in [0.15, 0.2) is 97.1 Å². The van der Waals surface area contributed by atoms with E-state index in [1.165, 1.54) is 18.2 Å². The Bertz CT molecular complexity index is 1560. The van der Waals surface area contributed by atoms with E-state index in [-0.39, 0.29) is 35.0 Å². The van der Waals surface area contributed by atoms with E-state index in [4.69, 9.17) is 14.2 Å². The number of phenolic OH excluding ortho intramolecular Hbond substituents is 2. The van der Waals surface area contributed by atoms with Crippen LogP contribution in [0.4, 0.5) is 0 Å². The highest BCUT2D eigenvalue weighted by Crippen LogP contribution is 2.41. The molecule has 7 nitrogen and oxygen atoms in total. The van der Waals surface area contributed by atoms with E-state index in [9.17, 15) is 20.1 Å². The highest BCUT2D eigenvalue weighted by molar-refractivity contribution is 6.07. The Balaban J connectivity index is 1.74. The number of aromatic carboxylic acids is 1. The van der Waals surface area contributed by atoms with Gasteiger partial charge in [0.2, 0.25) is 0 Å². The van der Waals surface area contributed by atoms with Crippen molar-refractivity contribution in [2.45, 2.75) is 19.3 Å². The number of phenols is 2. The normalized spacial score (nSPS) is 11.4. The maximum Gasteiger partial charge on any atom is 0.417 e. The lowest BCUT2D eigenvalue weighted by Gasteiger charge is -2.34. The summed E-state index contributed by atoms with van der Waals surface area (Å²) in [6, 6.07) is 27.1. The van der Waals surface area contributed by atoms with E-state index < -0.39 is 11.9 Å². The summed E-state index contributed by atoms with van der Waals surface area (Å²) in [6.07, 6.45) is 0.124. The minimum atomic E-state index is -1.85. The lowest BCUT2D eigenvalue weighted by molar-refractivity contribution is -0.253. The zero-order chi connectivity index (χ0) is 26.0. The Morgan fingerprint density at radius 3 is 1.86 bits per heavy atom. The SMILES string of the molecule is CCC(Oc1ccccc1O)(Oc1ccccc1O)Oc1c2ccccc2cc2ccc(C(=O)O)cc12. The average molecular weight is 497 g/mol. The molecule has 37 heavy (non-hydrogen) atoms. The van der Waals surface area contributed by atoms with Crippen LogP contribution in [0, 0.1) is 0 Å². The zero-order valence-corrected chi connectivity index (χ0v) is 19.9. The first kappa shape index (κ1) is 23.8. The first-order valence-electron chi connectivity index (χ1n) is 11.7. The van der Waals surface area contributed by atoms with Crippen LogP contribution in [-0.2, 0) is 0 Å². The number of carbonyl (C=O) groups is 1. The molecule has 0 aliphatic carbocycles. The van der Waals surface area contributed by atoms with Crippen LogP contribution in [-0.4, -0.2) is 27.3 Å². The molecule has 0 aliphatic heterocycles. The summed E-state index contributed by atoms with van der Waals surface area (Å²) >= 11 is 0. The summed E-state index contributed by atoms with van der Waals surface area (Å²) in [7, 11) is 0. The van der Waals surface area contributed by atoms with E-state index in [1.54, 1.807) is 55.5 Å². The molecule has 5 aromatic rings. The van der Waals surface area contributed by atoms with Gasteiger partial charge in [-0.05, 0) is 53.2 Å². The molecule has 0 radical (unpaired) electrons. The van der Waals surface area contributed by atoms with Crippen LogP contribution in [0.1, 0.15) is 23.7 Å². The van der Waals surface area contributed by atoms with Crippen molar-refractivity contribution in [1.29, 1.82) is 0 Å². The van der Waals surface area contributed by atoms with Crippen LogP contribution in [0.5, 0.6) is 28.7 Å². The molecule has 0 heterocycles. The molecule has 0 aromatic heterocycles. The fourth-order valence-corrected chi connectivity index (χ4v) is 4.12. The van der Waals surface area contributed by atoms with Gasteiger partial charge in [-0.3, -0.25) is 0 Å². The van der Waals surface area contributed by atoms with Crippen LogP contribution < -0.4 is 14.2 Å². The van der Waals surface area contributed by atoms with Gasteiger partial charge in [0.15, 0.2) is 23.0 Å². The Labute approximate surface area is 212 Å². The zero-order valence-electron chi connectivity index (χ0n) is 19.9. The van der Waals surface area contributed by atoms with Crippen LogP contribution in [0.3, 0.4) is 0 Å². The van der Waals surface area contributed by atoms with Gasteiger partial charge in [0, 0.05) is 10.8 Å². The molecular formula is C30H24O7. The summed E-state index contributed by atoms with van der Waals surface area (Å²) in [5, 5.41) is 33.4. The second kappa shape index (κ2) is 9.62. The second-order valence-electron chi connectivity index (χ2n) is 8.45. The van der Waals surface area contributed by atoms with Crippen molar-refractivity contribution >= 4 is 27.5 Å². The molecule has 0 saturated carbocycles. The maximum atomic E-state index is 11.8. The van der Waals surface area contributed by atoms with Crippen molar-refractivity contribution in [3.63, 3.8) is 0 Å². The highest BCUT2D eigenvalue weighted by atomic mass is 16.9. The molecule has 0 aliphatic rings. The van der Waals surface area contributed by atoms with Gasteiger partial charge in [0.25, 0.3) is 0 Å². The third-order valence-electron chi connectivity index (χ3n) is 6.01. The molecule has 5 rings (SSSR count). The van der Waals surface area contributed by atoms with Crippen molar-refractivity contribution in [3.05, 3.63) is 103 Å². The Hall–Kier alpha value is -4.91. The minimum Gasteiger partial charge on any atom is -0.504 e. The van der Waals surface area contributed by atoms with Crippen LogP contribution >= 0.6 is 0 Å². The van der Waals surface area contributed by atoms with Gasteiger partial charge >= 0.3 is 11.9 Å². The minimum absolute atomic E-state index is 0.0953. The molecule has 0 bridgehead atoms. The molecule has 5 aromatic carbocycles. The van der Waals surface area contributed by atoms with E-state index in [1.807, 2.05) is 30.3 Å². The van der Waals surface area contributed by atoms with Crippen molar-refractivity contribution in [2.75, 3.05) is 0 Å². The maximum absolute atomic E-state index is 11.8.